The minimum atomic E-state index is -6.03. The SMILES string of the molecule is O=S(=O)(CCCOC1CO1)[N-]S(=O)(=O)C(F)(F)F. The maximum atomic E-state index is 11.9. The van der Waals surface area contributed by atoms with Gasteiger partial charge in [-0.2, -0.15) is 13.2 Å². The van der Waals surface area contributed by atoms with E-state index in [1.165, 1.54) is 0 Å². The number of halogens is 3. The van der Waals surface area contributed by atoms with E-state index in [0.29, 0.717) is 6.61 Å². The number of alkyl halides is 3. The smallest absolute Gasteiger partial charge is 0.428 e. The molecule has 0 amide bonds. The van der Waals surface area contributed by atoms with Crippen molar-refractivity contribution >= 4 is 20.0 Å². The van der Waals surface area contributed by atoms with E-state index in [4.69, 9.17) is 4.74 Å². The van der Waals surface area contributed by atoms with E-state index in [1.54, 1.807) is 0 Å². The summed E-state index contributed by atoms with van der Waals surface area (Å²) in [6, 6.07) is 0. The van der Waals surface area contributed by atoms with Crippen molar-refractivity contribution in [2.45, 2.75) is 18.2 Å². The van der Waals surface area contributed by atoms with Gasteiger partial charge in [-0.15, -0.1) is 0 Å². The monoisotopic (exact) mass is 312 g/mol. The Morgan fingerprint density at radius 3 is 2.28 bits per heavy atom. The van der Waals surface area contributed by atoms with Crippen molar-refractivity contribution in [2.75, 3.05) is 19.0 Å². The maximum absolute atomic E-state index is 11.9. The third-order valence-corrected chi connectivity index (χ3v) is 4.74. The van der Waals surface area contributed by atoms with E-state index in [2.05, 4.69) is 4.74 Å². The largest absolute Gasteiger partial charge is 0.480 e. The fourth-order valence-electron chi connectivity index (χ4n) is 0.821. The van der Waals surface area contributed by atoms with Crippen LogP contribution in [0.4, 0.5) is 13.2 Å². The zero-order valence-electron chi connectivity index (χ0n) is 8.75. The van der Waals surface area contributed by atoms with E-state index in [-0.39, 0.29) is 13.0 Å². The Morgan fingerprint density at radius 1 is 1.28 bits per heavy atom. The van der Waals surface area contributed by atoms with Crippen LogP contribution in [0, 0.1) is 0 Å². The highest BCUT2D eigenvalue weighted by Gasteiger charge is 2.40. The van der Waals surface area contributed by atoms with Crippen LogP contribution in [0.5, 0.6) is 0 Å². The Bertz CT molecular complexity index is 480. The van der Waals surface area contributed by atoms with Crippen LogP contribution in [0.3, 0.4) is 0 Å². The molecule has 18 heavy (non-hydrogen) atoms. The van der Waals surface area contributed by atoms with Crippen molar-refractivity contribution < 1.29 is 39.5 Å². The van der Waals surface area contributed by atoms with Crippen LogP contribution < -0.4 is 0 Å². The number of nitrogens with zero attached hydrogens (tertiary/aromatic N) is 1. The highest BCUT2D eigenvalue weighted by atomic mass is 32.3. The number of epoxide rings is 1. The molecule has 1 unspecified atom stereocenters. The quantitative estimate of drug-likeness (QED) is 0.495. The summed E-state index contributed by atoms with van der Waals surface area (Å²) in [6.07, 6.45) is -0.595. The van der Waals surface area contributed by atoms with Crippen molar-refractivity contribution in [1.82, 2.24) is 0 Å². The normalized spacial score (nSPS) is 20.9. The molecule has 1 aliphatic rings. The Kier molecular flexibility index (Phi) is 4.59. The summed E-state index contributed by atoms with van der Waals surface area (Å²) < 4.78 is 90.0. The van der Waals surface area contributed by atoms with Gasteiger partial charge in [-0.3, -0.25) is 0 Å². The minimum absolute atomic E-state index is 0.0779. The zero-order valence-corrected chi connectivity index (χ0v) is 10.4. The van der Waals surface area contributed by atoms with Gasteiger partial charge in [0.15, 0.2) is 16.3 Å². The van der Waals surface area contributed by atoms with Gasteiger partial charge in [0.05, 0.1) is 16.6 Å². The molecule has 0 N–H and O–H groups in total. The van der Waals surface area contributed by atoms with E-state index in [1.807, 2.05) is 4.13 Å². The average Bonchev–Trinajstić information content (AvgIpc) is 2.92. The van der Waals surface area contributed by atoms with Gasteiger partial charge in [-0.1, -0.05) is 0 Å². The summed E-state index contributed by atoms with van der Waals surface area (Å²) in [4.78, 5) is 0. The van der Waals surface area contributed by atoms with Gasteiger partial charge in [-0.05, 0) is 6.42 Å². The van der Waals surface area contributed by atoms with Crippen LogP contribution in [0.1, 0.15) is 6.42 Å². The lowest BCUT2D eigenvalue weighted by molar-refractivity contribution is -0.0425. The first-order chi connectivity index (χ1) is 8.04. The molecular formula is C6H9F3NO6S2-. The second-order valence-corrected chi connectivity index (χ2v) is 6.85. The molecule has 0 aromatic rings. The molecule has 1 saturated heterocycles. The van der Waals surface area contributed by atoms with Crippen LogP contribution in [-0.2, 0) is 29.5 Å². The highest BCUT2D eigenvalue weighted by Crippen LogP contribution is 2.30. The molecule has 1 fully saturated rings. The van der Waals surface area contributed by atoms with E-state index in [0.717, 1.165) is 0 Å². The summed E-state index contributed by atoms with van der Waals surface area (Å²) in [6.45, 7) is 0.297. The van der Waals surface area contributed by atoms with Gasteiger partial charge in [-0.25, -0.2) is 16.8 Å². The van der Waals surface area contributed by atoms with Gasteiger partial charge < -0.3 is 13.6 Å². The first-order valence-corrected chi connectivity index (χ1v) is 7.60. The second kappa shape index (κ2) is 5.28. The molecule has 0 aromatic heterocycles. The van der Waals surface area contributed by atoms with Crippen LogP contribution in [0.25, 0.3) is 4.13 Å². The number of hydrogen-bond acceptors (Lipinski definition) is 6. The fraction of sp³-hybridized carbons (Fsp3) is 1.00. The van der Waals surface area contributed by atoms with Crippen molar-refractivity contribution in [3.63, 3.8) is 0 Å². The number of rotatable bonds is 7. The van der Waals surface area contributed by atoms with Gasteiger partial charge in [0, 0.05) is 5.75 Å². The Hall–Kier alpha value is -0.430. The average molecular weight is 312 g/mol. The predicted octanol–water partition coefficient (Wildman–Crippen LogP) is 0.303. The maximum Gasteiger partial charge on any atom is 0.480 e. The molecular weight excluding hydrogens is 303 g/mol. The molecule has 0 aliphatic carbocycles. The third kappa shape index (κ3) is 5.06. The number of ether oxygens (including phenoxy) is 2. The lowest BCUT2D eigenvalue weighted by atomic mass is 10.5. The molecule has 108 valence electrons. The molecule has 0 bridgehead atoms. The Balaban J connectivity index is 2.43. The van der Waals surface area contributed by atoms with Crippen molar-refractivity contribution in [3.05, 3.63) is 4.13 Å². The van der Waals surface area contributed by atoms with Crippen LogP contribution in [0.2, 0.25) is 0 Å². The van der Waals surface area contributed by atoms with E-state index < -0.39 is 37.6 Å². The van der Waals surface area contributed by atoms with Crippen molar-refractivity contribution in [3.8, 4) is 0 Å². The van der Waals surface area contributed by atoms with Crippen LogP contribution in [0.15, 0.2) is 0 Å². The predicted molar refractivity (Wildman–Crippen MR) is 52.4 cm³/mol. The molecule has 7 nitrogen and oxygen atoms in total. The summed E-state index contributed by atoms with van der Waals surface area (Å²) in [7, 11) is -10.7. The first kappa shape index (κ1) is 15.6. The molecule has 0 aromatic carbocycles. The number of hydrogen-bond donors (Lipinski definition) is 0. The molecule has 12 heteroatoms. The standard InChI is InChI=1S/C6H9F3NO6S2/c7-6(8,9)18(13,14)10-17(11,12)3-1-2-15-5-4-16-5/h5H,1-4H2/q-1. The van der Waals surface area contributed by atoms with E-state index >= 15 is 0 Å². The lowest BCUT2D eigenvalue weighted by Gasteiger charge is -2.21. The van der Waals surface area contributed by atoms with E-state index in [9.17, 15) is 30.0 Å². The number of sulfonamides is 2. The van der Waals surface area contributed by atoms with Gasteiger partial charge in [0.1, 0.15) is 6.61 Å². The molecule has 1 heterocycles. The summed E-state index contributed by atoms with van der Waals surface area (Å²) >= 11 is 0. The summed E-state index contributed by atoms with van der Waals surface area (Å²) in [5.41, 5.74) is -5.72. The second-order valence-electron chi connectivity index (χ2n) is 3.27. The topological polar surface area (TPSA) is 104 Å². The highest BCUT2D eigenvalue weighted by molar-refractivity contribution is 8.12. The van der Waals surface area contributed by atoms with Gasteiger partial charge >= 0.3 is 5.51 Å². The molecule has 1 rings (SSSR count). The first-order valence-electron chi connectivity index (χ1n) is 4.55. The third-order valence-electron chi connectivity index (χ3n) is 1.66. The van der Waals surface area contributed by atoms with Crippen molar-refractivity contribution in [1.29, 1.82) is 0 Å². The fourth-order valence-corrected chi connectivity index (χ4v) is 3.14. The molecule has 0 radical (unpaired) electrons. The van der Waals surface area contributed by atoms with Crippen LogP contribution >= 0.6 is 0 Å². The molecule has 0 saturated carbocycles. The lowest BCUT2D eigenvalue weighted by Crippen LogP contribution is -2.25. The van der Waals surface area contributed by atoms with Gasteiger partial charge in [0.25, 0.3) is 0 Å². The zero-order chi connectivity index (χ0) is 14.0. The molecule has 1 aliphatic heterocycles. The molecule has 1 atom stereocenters. The van der Waals surface area contributed by atoms with Crippen LogP contribution in [-0.4, -0.2) is 47.6 Å². The summed E-state index contributed by atoms with van der Waals surface area (Å²) in [5, 5.41) is 0. The minimum Gasteiger partial charge on any atom is -0.428 e. The summed E-state index contributed by atoms with van der Waals surface area (Å²) in [5.74, 6) is -0.852. The Morgan fingerprint density at radius 2 is 1.83 bits per heavy atom. The van der Waals surface area contributed by atoms with Crippen molar-refractivity contribution in [2.24, 2.45) is 0 Å². The Labute approximate surface area is 101 Å². The van der Waals surface area contributed by atoms with Gasteiger partial charge in [0.2, 0.25) is 0 Å². The molecule has 0 spiro atoms.